The second kappa shape index (κ2) is 10.5. The van der Waals surface area contributed by atoms with Gasteiger partial charge in [-0.1, -0.05) is 35.6 Å². The maximum absolute atomic E-state index is 10.6. The molecule has 3 aromatic rings. The van der Waals surface area contributed by atoms with Gasteiger partial charge in [0.05, 0.1) is 10.2 Å². The Hall–Kier alpha value is -1.55. The number of halogens is 1. The summed E-state index contributed by atoms with van der Waals surface area (Å²) < 4.78 is 30.7. The van der Waals surface area contributed by atoms with Crippen molar-refractivity contribution in [2.75, 3.05) is 19.6 Å². The highest BCUT2D eigenvalue weighted by atomic mass is 35.5. The number of hydrogen-bond donors (Lipinski definition) is 1. The molecule has 0 radical (unpaired) electrons. The summed E-state index contributed by atoms with van der Waals surface area (Å²) in [7, 11) is 0. The van der Waals surface area contributed by atoms with Crippen LogP contribution in [0.1, 0.15) is 18.4 Å². The van der Waals surface area contributed by atoms with Crippen LogP contribution < -0.4 is 9.46 Å². The third-order valence-corrected chi connectivity index (χ3v) is 6.32. The van der Waals surface area contributed by atoms with Gasteiger partial charge in [0.2, 0.25) is 0 Å². The fourth-order valence-electron chi connectivity index (χ4n) is 3.45. The predicted octanol–water partition coefficient (Wildman–Crippen LogP) is 4.11. The van der Waals surface area contributed by atoms with Crippen LogP contribution in [0.25, 0.3) is 10.2 Å². The lowest BCUT2D eigenvalue weighted by atomic mass is 9.97. The average molecular weight is 453 g/mol. The summed E-state index contributed by atoms with van der Waals surface area (Å²) in [6.45, 7) is 3.42. The smallest absolute Gasteiger partial charge is 0.279 e. The molecule has 4 rings (SSSR count). The van der Waals surface area contributed by atoms with Gasteiger partial charge < -0.3 is 9.29 Å². The molecule has 1 saturated heterocycles. The van der Waals surface area contributed by atoms with Crippen LogP contribution in [-0.4, -0.2) is 38.3 Å². The molecule has 2 heterocycles. The second-order valence-corrected chi connectivity index (χ2v) is 8.75. The van der Waals surface area contributed by atoms with Crippen LogP contribution in [-0.2, 0) is 17.8 Å². The van der Waals surface area contributed by atoms with Crippen LogP contribution in [0.3, 0.4) is 0 Å². The molecule has 2 aromatic carbocycles. The number of rotatable bonds is 7. The van der Waals surface area contributed by atoms with Gasteiger partial charge in [-0.3, -0.25) is 9.11 Å². The molecule has 1 aliphatic heterocycles. The van der Waals surface area contributed by atoms with E-state index >= 15 is 0 Å². The van der Waals surface area contributed by atoms with Gasteiger partial charge in [0.1, 0.15) is 5.75 Å². The Balaban J connectivity index is 0.00000240. The standard InChI is InChI=1S/C20H23N3O3S2.ClH/c24-28(25)21-13-15-9-11-23(12-10-15)14-16-5-7-17(8-6-16)26-20-22-18-3-1-2-4-19(18)27-20;/h1-8,15,21H,9-14H2,(H,24,25);1H/p-1. The Morgan fingerprint density at radius 1 is 1.17 bits per heavy atom. The molecule has 156 valence electrons. The first-order valence-electron chi connectivity index (χ1n) is 9.33. The number of ether oxygens (including phenoxy) is 1. The SMILES string of the molecule is Cl.O=S([O-])NCC1CCN(Cc2ccc(Oc3nc4ccccc4s3)cc2)CC1. The van der Waals surface area contributed by atoms with Gasteiger partial charge >= 0.3 is 0 Å². The number of nitrogens with zero attached hydrogens (tertiary/aromatic N) is 2. The molecule has 1 unspecified atom stereocenters. The van der Waals surface area contributed by atoms with Crippen LogP contribution in [0.5, 0.6) is 10.9 Å². The number of fused-ring (bicyclic) bond motifs is 1. The predicted molar refractivity (Wildman–Crippen MR) is 118 cm³/mol. The van der Waals surface area contributed by atoms with E-state index in [9.17, 15) is 8.76 Å². The third-order valence-electron chi connectivity index (χ3n) is 5.01. The summed E-state index contributed by atoms with van der Waals surface area (Å²) in [6.07, 6.45) is 2.03. The molecule has 0 amide bonds. The number of para-hydroxylation sites is 1. The molecule has 0 bridgehead atoms. The van der Waals surface area contributed by atoms with Gasteiger partial charge in [0.15, 0.2) is 0 Å². The maximum Gasteiger partial charge on any atom is 0.279 e. The monoisotopic (exact) mass is 452 g/mol. The number of hydrogen-bond acceptors (Lipinski definition) is 6. The van der Waals surface area contributed by atoms with Crippen LogP contribution in [0, 0.1) is 5.92 Å². The third kappa shape index (κ3) is 6.21. The minimum atomic E-state index is -2.16. The highest BCUT2D eigenvalue weighted by Crippen LogP contribution is 2.31. The first kappa shape index (κ1) is 22.1. The molecule has 0 saturated carbocycles. The fraction of sp³-hybridized carbons (Fsp3) is 0.350. The van der Waals surface area contributed by atoms with Crippen molar-refractivity contribution in [1.82, 2.24) is 14.6 Å². The van der Waals surface area contributed by atoms with Gasteiger partial charge in [-0.05, 0) is 61.7 Å². The van der Waals surface area contributed by atoms with Crippen molar-refractivity contribution in [3.8, 4) is 10.9 Å². The van der Waals surface area contributed by atoms with E-state index in [1.165, 1.54) is 5.56 Å². The van der Waals surface area contributed by atoms with E-state index in [0.29, 0.717) is 17.7 Å². The quantitative estimate of drug-likeness (QED) is 0.546. The van der Waals surface area contributed by atoms with E-state index in [4.69, 9.17) is 4.74 Å². The molecule has 1 atom stereocenters. The van der Waals surface area contributed by atoms with Gasteiger partial charge in [-0.15, -0.1) is 12.4 Å². The van der Waals surface area contributed by atoms with Crippen LogP contribution in [0.2, 0.25) is 0 Å². The van der Waals surface area contributed by atoms with Gasteiger partial charge in [-0.2, -0.15) is 0 Å². The lowest BCUT2D eigenvalue weighted by molar-refractivity contribution is 0.178. The van der Waals surface area contributed by atoms with Gasteiger partial charge in [-0.25, -0.2) is 9.71 Å². The van der Waals surface area contributed by atoms with E-state index in [0.717, 1.165) is 48.4 Å². The zero-order valence-electron chi connectivity index (χ0n) is 15.8. The largest absolute Gasteiger partial charge is 0.760 e. The first-order valence-corrected chi connectivity index (χ1v) is 11.2. The maximum atomic E-state index is 10.6. The van der Waals surface area contributed by atoms with Gasteiger partial charge in [0, 0.05) is 24.4 Å². The van der Waals surface area contributed by atoms with Crippen molar-refractivity contribution in [1.29, 1.82) is 0 Å². The number of benzene rings is 2. The van der Waals surface area contributed by atoms with Crippen molar-refractivity contribution >= 4 is 45.2 Å². The summed E-state index contributed by atoms with van der Waals surface area (Å²) in [5, 5.41) is 0.656. The minimum absolute atomic E-state index is 0. The second-order valence-electron chi connectivity index (χ2n) is 7.00. The van der Waals surface area contributed by atoms with E-state index in [-0.39, 0.29) is 12.4 Å². The Kier molecular flexibility index (Phi) is 7.99. The topological polar surface area (TPSA) is 77.5 Å². The summed E-state index contributed by atoms with van der Waals surface area (Å²) in [5.41, 5.74) is 2.20. The van der Waals surface area contributed by atoms with Crippen molar-refractivity contribution < 1.29 is 13.5 Å². The molecular weight excluding hydrogens is 430 g/mol. The number of likely N-dealkylation sites (tertiary alicyclic amines) is 1. The molecular formula is C20H23ClN3O3S2-. The van der Waals surface area contributed by atoms with E-state index in [1.54, 1.807) is 11.3 Å². The van der Waals surface area contributed by atoms with Gasteiger partial charge in [0.25, 0.3) is 5.19 Å². The first-order chi connectivity index (χ1) is 13.7. The number of piperidine rings is 1. The molecule has 9 heteroatoms. The van der Waals surface area contributed by atoms with Crippen molar-refractivity contribution in [3.05, 3.63) is 54.1 Å². The molecule has 1 aliphatic rings. The molecule has 29 heavy (non-hydrogen) atoms. The van der Waals surface area contributed by atoms with Crippen LogP contribution >= 0.6 is 23.7 Å². The minimum Gasteiger partial charge on any atom is -0.760 e. The lowest BCUT2D eigenvalue weighted by Crippen LogP contribution is -2.37. The van der Waals surface area contributed by atoms with Crippen molar-refractivity contribution in [3.63, 3.8) is 0 Å². The average Bonchev–Trinajstić information content (AvgIpc) is 3.11. The van der Waals surface area contributed by atoms with Crippen LogP contribution in [0.15, 0.2) is 48.5 Å². The lowest BCUT2D eigenvalue weighted by Gasteiger charge is -2.32. The summed E-state index contributed by atoms with van der Waals surface area (Å²) in [5.74, 6) is 1.22. The Morgan fingerprint density at radius 2 is 1.90 bits per heavy atom. The number of aromatic nitrogens is 1. The Labute approximate surface area is 183 Å². The number of nitrogens with one attached hydrogen (secondary N) is 1. The molecule has 0 spiro atoms. The fourth-order valence-corrected chi connectivity index (χ4v) is 4.66. The van der Waals surface area contributed by atoms with Crippen molar-refractivity contribution in [2.45, 2.75) is 19.4 Å². The zero-order valence-corrected chi connectivity index (χ0v) is 18.2. The molecule has 1 N–H and O–H groups in total. The normalized spacial score (nSPS) is 16.4. The molecule has 6 nitrogen and oxygen atoms in total. The van der Waals surface area contributed by atoms with E-state index in [2.05, 4.69) is 26.7 Å². The highest BCUT2D eigenvalue weighted by molar-refractivity contribution is 7.77. The van der Waals surface area contributed by atoms with Crippen molar-refractivity contribution in [2.24, 2.45) is 5.92 Å². The Bertz CT molecular complexity index is 911. The molecule has 1 aromatic heterocycles. The zero-order chi connectivity index (χ0) is 19.3. The van der Waals surface area contributed by atoms with E-state index in [1.807, 2.05) is 36.4 Å². The highest BCUT2D eigenvalue weighted by Gasteiger charge is 2.19. The molecule has 1 fully saturated rings. The Morgan fingerprint density at radius 3 is 2.59 bits per heavy atom. The molecule has 0 aliphatic carbocycles. The van der Waals surface area contributed by atoms with E-state index < -0.39 is 11.3 Å². The number of thiazole rings is 1. The van der Waals surface area contributed by atoms with Crippen LogP contribution in [0.4, 0.5) is 0 Å². The summed E-state index contributed by atoms with van der Waals surface area (Å²) >= 11 is -0.613. The summed E-state index contributed by atoms with van der Waals surface area (Å²) in [4.78, 5) is 6.91. The summed E-state index contributed by atoms with van der Waals surface area (Å²) in [6, 6.07) is 16.2.